The monoisotopic (exact) mass is 340 g/mol. The molecule has 6 nitrogen and oxygen atoms in total. The molecule has 1 unspecified atom stereocenters. The van der Waals surface area contributed by atoms with Gasteiger partial charge in [-0.1, -0.05) is 30.3 Å². The lowest BCUT2D eigenvalue weighted by Crippen LogP contribution is -2.54. The number of carbonyl (C=O) groups excluding carboxylic acids is 2. The SMILES string of the molecule is O=C1COC2(CCN(C(=O)COc3ccc4ccccc4c3)C2)CN1. The smallest absolute Gasteiger partial charge is 0.260 e. The largest absolute Gasteiger partial charge is 0.484 e. The Morgan fingerprint density at radius 3 is 2.88 bits per heavy atom. The van der Waals surface area contributed by atoms with Crippen molar-refractivity contribution >= 4 is 22.6 Å². The molecule has 130 valence electrons. The van der Waals surface area contributed by atoms with Crippen molar-refractivity contribution in [3.05, 3.63) is 42.5 Å². The average molecular weight is 340 g/mol. The number of benzene rings is 2. The lowest BCUT2D eigenvalue weighted by atomic mass is 10.0. The number of nitrogens with zero attached hydrogens (tertiary/aromatic N) is 1. The van der Waals surface area contributed by atoms with Gasteiger partial charge in [-0.25, -0.2) is 0 Å². The minimum Gasteiger partial charge on any atom is -0.484 e. The maximum atomic E-state index is 12.4. The Balaban J connectivity index is 1.35. The highest BCUT2D eigenvalue weighted by Gasteiger charge is 2.43. The Morgan fingerprint density at radius 1 is 1.24 bits per heavy atom. The summed E-state index contributed by atoms with van der Waals surface area (Å²) in [4.78, 5) is 25.4. The zero-order chi connectivity index (χ0) is 17.3. The first kappa shape index (κ1) is 15.9. The number of likely N-dealkylation sites (tertiary alicyclic amines) is 1. The molecule has 0 bridgehead atoms. The van der Waals surface area contributed by atoms with Crippen LogP contribution in [-0.4, -0.2) is 55.2 Å². The molecule has 0 aliphatic carbocycles. The van der Waals surface area contributed by atoms with Crippen molar-refractivity contribution in [1.82, 2.24) is 10.2 Å². The summed E-state index contributed by atoms with van der Waals surface area (Å²) in [7, 11) is 0. The highest BCUT2D eigenvalue weighted by Crippen LogP contribution is 2.27. The van der Waals surface area contributed by atoms with Crippen LogP contribution >= 0.6 is 0 Å². The average Bonchev–Trinajstić information content (AvgIpc) is 3.06. The van der Waals surface area contributed by atoms with Crippen LogP contribution in [0.2, 0.25) is 0 Å². The number of fused-ring (bicyclic) bond motifs is 1. The lowest BCUT2D eigenvalue weighted by molar-refractivity contribution is -0.143. The maximum Gasteiger partial charge on any atom is 0.260 e. The number of amides is 2. The van der Waals surface area contributed by atoms with Crippen LogP contribution in [0.3, 0.4) is 0 Å². The summed E-state index contributed by atoms with van der Waals surface area (Å²) in [6.07, 6.45) is 0.731. The molecule has 2 aliphatic rings. The normalized spacial score (nSPS) is 23.0. The molecule has 0 radical (unpaired) electrons. The molecule has 2 aliphatic heterocycles. The molecule has 2 saturated heterocycles. The zero-order valence-electron chi connectivity index (χ0n) is 13.9. The number of morpholine rings is 1. The summed E-state index contributed by atoms with van der Waals surface area (Å²) < 4.78 is 11.4. The van der Waals surface area contributed by atoms with Gasteiger partial charge in [-0.05, 0) is 29.3 Å². The van der Waals surface area contributed by atoms with Gasteiger partial charge >= 0.3 is 0 Å². The third-order valence-corrected chi connectivity index (χ3v) is 4.87. The number of ether oxygens (including phenoxy) is 2. The van der Waals surface area contributed by atoms with Gasteiger partial charge in [-0.15, -0.1) is 0 Å². The fourth-order valence-corrected chi connectivity index (χ4v) is 3.39. The molecule has 2 amide bonds. The van der Waals surface area contributed by atoms with Crippen molar-refractivity contribution < 1.29 is 19.1 Å². The minimum atomic E-state index is -0.438. The van der Waals surface area contributed by atoms with E-state index in [1.807, 2.05) is 42.5 Å². The van der Waals surface area contributed by atoms with Crippen LogP contribution in [0.4, 0.5) is 0 Å². The fourth-order valence-electron chi connectivity index (χ4n) is 3.39. The van der Waals surface area contributed by atoms with Gasteiger partial charge in [-0.2, -0.15) is 0 Å². The first-order valence-corrected chi connectivity index (χ1v) is 8.44. The van der Waals surface area contributed by atoms with E-state index in [2.05, 4.69) is 5.32 Å². The van der Waals surface area contributed by atoms with E-state index >= 15 is 0 Å². The quantitative estimate of drug-likeness (QED) is 0.915. The Labute approximate surface area is 145 Å². The summed E-state index contributed by atoms with van der Waals surface area (Å²) in [6, 6.07) is 13.8. The number of hydrogen-bond donors (Lipinski definition) is 1. The van der Waals surface area contributed by atoms with Crippen LogP contribution in [0.15, 0.2) is 42.5 Å². The van der Waals surface area contributed by atoms with Gasteiger partial charge in [0.25, 0.3) is 5.91 Å². The molecule has 0 aromatic heterocycles. The predicted octanol–water partition coefficient (Wildman–Crippen LogP) is 1.34. The van der Waals surface area contributed by atoms with Gasteiger partial charge < -0.3 is 19.7 Å². The van der Waals surface area contributed by atoms with Gasteiger partial charge in [0.2, 0.25) is 5.91 Å². The van der Waals surface area contributed by atoms with Crippen LogP contribution < -0.4 is 10.1 Å². The number of rotatable bonds is 3. The Morgan fingerprint density at radius 2 is 2.08 bits per heavy atom. The molecule has 2 fully saturated rings. The van der Waals surface area contributed by atoms with Crippen LogP contribution in [0.1, 0.15) is 6.42 Å². The van der Waals surface area contributed by atoms with Crippen molar-refractivity contribution in [2.45, 2.75) is 12.0 Å². The third kappa shape index (κ3) is 3.30. The summed E-state index contributed by atoms with van der Waals surface area (Å²) in [5, 5.41) is 5.04. The van der Waals surface area contributed by atoms with E-state index in [9.17, 15) is 9.59 Å². The Bertz CT molecular complexity index is 810. The first-order valence-electron chi connectivity index (χ1n) is 8.44. The summed E-state index contributed by atoms with van der Waals surface area (Å²) in [5.41, 5.74) is -0.438. The lowest BCUT2D eigenvalue weighted by Gasteiger charge is -2.33. The number of carbonyl (C=O) groups is 2. The number of hydrogen-bond acceptors (Lipinski definition) is 4. The molecule has 4 rings (SSSR count). The Kier molecular flexibility index (Phi) is 4.05. The molecule has 1 spiro atoms. The minimum absolute atomic E-state index is 0.000773. The van der Waals surface area contributed by atoms with Crippen molar-refractivity contribution in [3.63, 3.8) is 0 Å². The molecule has 2 aromatic carbocycles. The van der Waals surface area contributed by atoms with E-state index in [-0.39, 0.29) is 25.0 Å². The standard InChI is InChI=1S/C19H20N2O4/c22-17-10-25-19(12-20-17)7-8-21(13-19)18(23)11-24-16-6-5-14-3-1-2-4-15(14)9-16/h1-6,9H,7-8,10-13H2,(H,20,22). The zero-order valence-corrected chi connectivity index (χ0v) is 13.9. The van der Waals surface area contributed by atoms with E-state index < -0.39 is 5.60 Å². The molecule has 0 saturated carbocycles. The molecule has 1 atom stereocenters. The van der Waals surface area contributed by atoms with Crippen LogP contribution in [0.5, 0.6) is 5.75 Å². The second kappa shape index (κ2) is 6.37. The first-order chi connectivity index (χ1) is 12.1. The van der Waals surface area contributed by atoms with Crippen LogP contribution in [0.25, 0.3) is 10.8 Å². The van der Waals surface area contributed by atoms with Gasteiger partial charge in [0.1, 0.15) is 18.0 Å². The van der Waals surface area contributed by atoms with E-state index in [0.29, 0.717) is 25.4 Å². The summed E-state index contributed by atoms with van der Waals surface area (Å²) in [5.74, 6) is 0.516. The van der Waals surface area contributed by atoms with Crippen LogP contribution in [-0.2, 0) is 14.3 Å². The Hall–Kier alpha value is -2.60. The summed E-state index contributed by atoms with van der Waals surface area (Å²) in [6.45, 7) is 1.64. The second-order valence-electron chi connectivity index (χ2n) is 6.61. The molecular formula is C19H20N2O4. The van der Waals surface area contributed by atoms with Gasteiger partial charge in [0.05, 0.1) is 6.54 Å². The van der Waals surface area contributed by atoms with Crippen LogP contribution in [0, 0.1) is 0 Å². The second-order valence-corrected chi connectivity index (χ2v) is 6.61. The van der Waals surface area contributed by atoms with E-state index in [0.717, 1.165) is 17.2 Å². The topological polar surface area (TPSA) is 67.9 Å². The number of nitrogens with one attached hydrogen (secondary N) is 1. The fraction of sp³-hybridized carbons (Fsp3) is 0.368. The van der Waals surface area contributed by atoms with E-state index in [1.54, 1.807) is 4.90 Å². The molecule has 25 heavy (non-hydrogen) atoms. The van der Waals surface area contributed by atoms with Gasteiger partial charge in [0.15, 0.2) is 6.61 Å². The molecule has 1 N–H and O–H groups in total. The van der Waals surface area contributed by atoms with E-state index in [4.69, 9.17) is 9.47 Å². The van der Waals surface area contributed by atoms with Crippen molar-refractivity contribution in [3.8, 4) is 5.75 Å². The van der Waals surface area contributed by atoms with Gasteiger partial charge in [-0.3, -0.25) is 9.59 Å². The predicted molar refractivity (Wildman–Crippen MR) is 92.3 cm³/mol. The summed E-state index contributed by atoms with van der Waals surface area (Å²) >= 11 is 0. The van der Waals surface area contributed by atoms with Gasteiger partial charge in [0, 0.05) is 13.1 Å². The van der Waals surface area contributed by atoms with E-state index in [1.165, 1.54) is 0 Å². The van der Waals surface area contributed by atoms with Crippen molar-refractivity contribution in [2.24, 2.45) is 0 Å². The molecular weight excluding hydrogens is 320 g/mol. The van der Waals surface area contributed by atoms with Crippen molar-refractivity contribution in [1.29, 1.82) is 0 Å². The van der Waals surface area contributed by atoms with Crippen molar-refractivity contribution in [2.75, 3.05) is 32.8 Å². The maximum absolute atomic E-state index is 12.4. The highest BCUT2D eigenvalue weighted by atomic mass is 16.5. The molecule has 2 heterocycles. The highest BCUT2D eigenvalue weighted by molar-refractivity contribution is 5.84. The third-order valence-electron chi connectivity index (χ3n) is 4.87. The molecule has 2 aromatic rings. The molecule has 6 heteroatoms.